The molecule has 2 bridgehead atoms. The second kappa shape index (κ2) is 15.8. The number of carbonyl (C=O) groups is 2. The number of fused-ring (bicyclic) bond motifs is 2. The van der Waals surface area contributed by atoms with E-state index in [0.29, 0.717) is 25.8 Å². The van der Waals surface area contributed by atoms with Gasteiger partial charge in [-0.15, -0.1) is 11.3 Å². The molecule has 4 unspecified atom stereocenters. The minimum Gasteiger partial charge on any atom is -0.633 e. The summed E-state index contributed by atoms with van der Waals surface area (Å²) >= 11 is 1.51. The van der Waals surface area contributed by atoms with Crippen molar-refractivity contribution in [2.75, 3.05) is 20.6 Å². The van der Waals surface area contributed by atoms with Crippen LogP contribution in [0.1, 0.15) is 70.5 Å². The van der Waals surface area contributed by atoms with E-state index in [1.54, 1.807) is 20.2 Å². The summed E-state index contributed by atoms with van der Waals surface area (Å²) in [5.41, 5.74) is 10.1. The van der Waals surface area contributed by atoms with Crippen molar-refractivity contribution in [2.24, 2.45) is 5.73 Å². The molecule has 0 saturated carbocycles. The van der Waals surface area contributed by atoms with E-state index in [4.69, 9.17) is 20.2 Å². The molecule has 2 heterocycles. The standard InChI is InChI=1S/C31H45N3O5S/c1-21(13-14-34(6,7)37)11-12-23(3)16-27-19-29-33-28(20-40-29)24(4)17-26(32)18-31(36)38-25(5)15-22(2)9-8-10-30(35)39-27/h8-13,16,20,24-27H,14-15,17-19,32H2,1-7H3/b10-8-,12-11+,21-13+,22-9?,23-16+. The van der Waals surface area contributed by atoms with Crippen LogP contribution in [-0.4, -0.2) is 60.5 Å². The molecule has 220 valence electrons. The third kappa shape index (κ3) is 13.5. The molecule has 0 spiro atoms. The second-order valence-corrected chi connectivity index (χ2v) is 12.2. The van der Waals surface area contributed by atoms with Crippen LogP contribution in [0, 0.1) is 5.21 Å². The van der Waals surface area contributed by atoms with Crippen LogP contribution in [0.25, 0.3) is 0 Å². The maximum absolute atomic E-state index is 12.7. The van der Waals surface area contributed by atoms with Gasteiger partial charge in [0.2, 0.25) is 0 Å². The number of cyclic esters (lactones) is 2. The largest absolute Gasteiger partial charge is 0.633 e. The van der Waals surface area contributed by atoms with Crippen LogP contribution in [0.5, 0.6) is 0 Å². The topological polar surface area (TPSA) is 115 Å². The quantitative estimate of drug-likeness (QED) is 0.210. The maximum atomic E-state index is 12.7. The minimum absolute atomic E-state index is 0.0640. The minimum atomic E-state index is -0.516. The summed E-state index contributed by atoms with van der Waals surface area (Å²) in [4.78, 5) is 29.9. The van der Waals surface area contributed by atoms with Crippen molar-refractivity contribution in [3.8, 4) is 0 Å². The fourth-order valence-corrected chi connectivity index (χ4v) is 5.14. The highest BCUT2D eigenvalue weighted by molar-refractivity contribution is 7.09. The Bertz CT molecular complexity index is 1160. The Morgan fingerprint density at radius 1 is 1.15 bits per heavy atom. The van der Waals surface area contributed by atoms with E-state index in [-0.39, 0.29) is 35.1 Å². The lowest BCUT2D eigenvalue weighted by Gasteiger charge is -2.32. The van der Waals surface area contributed by atoms with Crippen LogP contribution in [0.2, 0.25) is 0 Å². The lowest BCUT2D eigenvalue weighted by molar-refractivity contribution is -0.833. The molecule has 8 nitrogen and oxygen atoms in total. The van der Waals surface area contributed by atoms with E-state index < -0.39 is 12.1 Å². The third-order valence-corrected chi connectivity index (χ3v) is 7.16. The molecule has 0 aromatic carbocycles. The highest BCUT2D eigenvalue weighted by atomic mass is 32.1. The van der Waals surface area contributed by atoms with Crippen molar-refractivity contribution < 1.29 is 23.7 Å². The van der Waals surface area contributed by atoms with Crippen molar-refractivity contribution >= 4 is 23.3 Å². The summed E-state index contributed by atoms with van der Waals surface area (Å²) in [6.45, 7) is 10.1. The average molecular weight is 572 g/mol. The number of esters is 2. The number of thiazole rings is 1. The molecule has 0 radical (unpaired) electrons. The predicted molar refractivity (Wildman–Crippen MR) is 161 cm³/mol. The Balaban J connectivity index is 2.30. The number of carbonyl (C=O) groups excluding carboxylic acids is 2. The van der Waals surface area contributed by atoms with E-state index in [0.717, 1.165) is 27.4 Å². The Hall–Kier alpha value is -2.85. The molecule has 1 aliphatic rings. The van der Waals surface area contributed by atoms with E-state index in [1.807, 2.05) is 70.4 Å². The number of nitrogens with two attached hydrogens (primary N) is 1. The molecule has 1 aliphatic heterocycles. The van der Waals surface area contributed by atoms with Crippen molar-refractivity contribution in [1.29, 1.82) is 0 Å². The monoisotopic (exact) mass is 571 g/mol. The Morgan fingerprint density at radius 3 is 2.55 bits per heavy atom. The lowest BCUT2D eigenvalue weighted by atomic mass is 9.98. The number of likely N-dealkylation sites (N-methyl/N-ethyl adjacent to an activating group) is 1. The molecule has 4 atom stereocenters. The molecular formula is C31H45N3O5S. The zero-order chi connectivity index (χ0) is 29.9. The number of quaternary nitrogens is 1. The first-order chi connectivity index (χ1) is 18.7. The molecular weight excluding hydrogens is 526 g/mol. The highest BCUT2D eigenvalue weighted by Gasteiger charge is 2.20. The van der Waals surface area contributed by atoms with Gasteiger partial charge in [0, 0.05) is 36.3 Å². The SMILES string of the molecule is CC1=C/C=C\C(=O)OC(/C=C(C)/C=C/C(C)=C/C[N+](C)(C)[O-])Cc2nc(cs2)C(C)CC(N)CC(=O)OC(C)C1. The van der Waals surface area contributed by atoms with Gasteiger partial charge in [0.1, 0.15) is 12.2 Å². The van der Waals surface area contributed by atoms with E-state index in [9.17, 15) is 14.8 Å². The fraction of sp³-hybridized carbons (Fsp3) is 0.516. The van der Waals surface area contributed by atoms with E-state index >= 15 is 0 Å². The van der Waals surface area contributed by atoms with Crippen molar-refractivity contribution in [1.82, 2.24) is 4.98 Å². The Labute approximate surface area is 243 Å². The van der Waals surface area contributed by atoms with Crippen LogP contribution in [0.15, 0.2) is 64.6 Å². The molecule has 2 N–H and O–H groups in total. The van der Waals surface area contributed by atoms with Gasteiger partial charge >= 0.3 is 11.9 Å². The summed E-state index contributed by atoms with van der Waals surface area (Å²) in [6, 6.07) is -0.330. The molecule has 0 aliphatic carbocycles. The number of hydroxylamine groups is 3. The van der Waals surface area contributed by atoms with Gasteiger partial charge in [-0.1, -0.05) is 42.4 Å². The van der Waals surface area contributed by atoms with Crippen LogP contribution in [0.3, 0.4) is 0 Å². The first kappa shape index (κ1) is 33.4. The van der Waals surface area contributed by atoms with Crippen LogP contribution >= 0.6 is 11.3 Å². The summed E-state index contributed by atoms with van der Waals surface area (Å²) in [7, 11) is 3.21. The first-order valence-electron chi connectivity index (χ1n) is 13.7. The van der Waals surface area contributed by atoms with Gasteiger partial charge in [0.15, 0.2) is 0 Å². The molecule has 0 fully saturated rings. The molecule has 40 heavy (non-hydrogen) atoms. The highest BCUT2D eigenvalue weighted by Crippen LogP contribution is 2.25. The smallest absolute Gasteiger partial charge is 0.331 e. The van der Waals surface area contributed by atoms with Crippen LogP contribution in [0.4, 0.5) is 0 Å². The zero-order valence-electron chi connectivity index (χ0n) is 24.9. The Morgan fingerprint density at radius 2 is 1.85 bits per heavy atom. The van der Waals surface area contributed by atoms with Crippen molar-refractivity contribution in [3.63, 3.8) is 0 Å². The van der Waals surface area contributed by atoms with Crippen molar-refractivity contribution in [2.45, 2.75) is 84.5 Å². The third-order valence-electron chi connectivity index (χ3n) is 6.27. The van der Waals surface area contributed by atoms with Crippen molar-refractivity contribution in [3.05, 3.63) is 80.5 Å². The number of allylic oxidation sites excluding steroid dienone is 6. The van der Waals surface area contributed by atoms with Gasteiger partial charge < -0.3 is 25.1 Å². The fourth-order valence-electron chi connectivity index (χ4n) is 4.18. The average Bonchev–Trinajstić information content (AvgIpc) is 3.28. The van der Waals surface area contributed by atoms with Crippen LogP contribution in [-0.2, 0) is 25.5 Å². The van der Waals surface area contributed by atoms with Gasteiger partial charge in [0.25, 0.3) is 0 Å². The van der Waals surface area contributed by atoms with Gasteiger partial charge in [-0.3, -0.25) is 4.79 Å². The summed E-state index contributed by atoms with van der Waals surface area (Å²) < 4.78 is 11.0. The first-order valence-corrected chi connectivity index (χ1v) is 14.6. The summed E-state index contributed by atoms with van der Waals surface area (Å²) in [6.07, 6.45) is 13.5. The summed E-state index contributed by atoms with van der Waals surface area (Å²) in [5.74, 6) is -0.703. The van der Waals surface area contributed by atoms with Gasteiger partial charge in [-0.25, -0.2) is 9.78 Å². The molecule has 9 heteroatoms. The number of ether oxygens (including phenoxy) is 2. The lowest BCUT2D eigenvalue weighted by Crippen LogP contribution is -2.32. The molecule has 2 rings (SSSR count). The number of aromatic nitrogens is 1. The number of rotatable bonds is 5. The number of hydrogen-bond donors (Lipinski definition) is 1. The summed E-state index contributed by atoms with van der Waals surface area (Å²) in [5, 5.41) is 14.7. The zero-order valence-corrected chi connectivity index (χ0v) is 25.7. The molecule has 1 aromatic rings. The normalized spacial score (nSPS) is 25.9. The van der Waals surface area contributed by atoms with E-state index in [1.165, 1.54) is 17.4 Å². The second-order valence-electron chi connectivity index (χ2n) is 11.3. The molecule has 1 aromatic heterocycles. The number of nitrogens with zero attached hydrogens (tertiary/aromatic N) is 2. The predicted octanol–water partition coefficient (Wildman–Crippen LogP) is 5.67. The Kier molecular flexibility index (Phi) is 13.2. The van der Waals surface area contributed by atoms with Gasteiger partial charge in [0.05, 0.1) is 37.8 Å². The van der Waals surface area contributed by atoms with Crippen LogP contribution < -0.4 is 5.73 Å². The number of hydrogen-bond acceptors (Lipinski definition) is 8. The van der Waals surface area contributed by atoms with Gasteiger partial charge in [-0.2, -0.15) is 0 Å². The molecule has 0 amide bonds. The van der Waals surface area contributed by atoms with E-state index in [2.05, 4.69) is 0 Å². The van der Waals surface area contributed by atoms with Gasteiger partial charge in [-0.05, 0) is 51.8 Å². The maximum Gasteiger partial charge on any atom is 0.331 e. The molecule has 0 saturated heterocycles.